The first-order valence-corrected chi connectivity index (χ1v) is 6.17. The summed E-state index contributed by atoms with van der Waals surface area (Å²) in [6, 6.07) is 9.74. The fourth-order valence-corrected chi connectivity index (χ4v) is 1.66. The number of hydrogen-bond acceptors (Lipinski definition) is 4. The molecular weight excluding hydrogens is 240 g/mol. The van der Waals surface area contributed by atoms with Gasteiger partial charge >= 0.3 is 0 Å². The lowest BCUT2D eigenvalue weighted by Crippen LogP contribution is -1.95. The van der Waals surface area contributed by atoms with Crippen LogP contribution in [-0.4, -0.2) is 18.7 Å². The van der Waals surface area contributed by atoms with Crippen LogP contribution in [0.15, 0.2) is 36.5 Å². The average Bonchev–Trinajstić information content (AvgIpc) is 2.42. The fourth-order valence-electron chi connectivity index (χ4n) is 1.66. The zero-order valence-corrected chi connectivity index (χ0v) is 11.2. The van der Waals surface area contributed by atoms with Gasteiger partial charge in [0.15, 0.2) is 0 Å². The second-order valence-corrected chi connectivity index (χ2v) is 4.37. The number of benzene rings is 1. The molecule has 1 heterocycles. The number of nitrogen functional groups attached to an aromatic ring is 1. The molecule has 0 spiro atoms. The monoisotopic (exact) mass is 258 g/mol. The number of ether oxygens (including phenoxy) is 2. The Kier molecular flexibility index (Phi) is 4.36. The summed E-state index contributed by atoms with van der Waals surface area (Å²) in [4.78, 5) is 4.14. The average molecular weight is 258 g/mol. The van der Waals surface area contributed by atoms with Crippen LogP contribution in [0.2, 0.25) is 0 Å². The molecule has 0 saturated carbocycles. The van der Waals surface area contributed by atoms with Crippen LogP contribution < -0.4 is 10.5 Å². The lowest BCUT2D eigenvalue weighted by molar-refractivity contribution is 0.202. The Morgan fingerprint density at radius 3 is 2.58 bits per heavy atom. The van der Waals surface area contributed by atoms with E-state index in [1.165, 1.54) is 5.56 Å². The van der Waals surface area contributed by atoms with Gasteiger partial charge < -0.3 is 15.2 Å². The Hall–Kier alpha value is -2.07. The molecule has 4 nitrogen and oxygen atoms in total. The first-order chi connectivity index (χ1) is 9.19. The van der Waals surface area contributed by atoms with Gasteiger partial charge in [-0.2, -0.15) is 0 Å². The smallest absolute Gasteiger partial charge is 0.219 e. The molecular formula is C15H18N2O2. The van der Waals surface area contributed by atoms with Crippen molar-refractivity contribution < 1.29 is 9.47 Å². The second-order valence-electron chi connectivity index (χ2n) is 4.37. The highest BCUT2D eigenvalue weighted by atomic mass is 16.5. The minimum Gasteiger partial charge on any atom is -0.439 e. The summed E-state index contributed by atoms with van der Waals surface area (Å²) in [6.45, 7) is 2.65. The highest BCUT2D eigenvalue weighted by molar-refractivity contribution is 5.46. The molecule has 0 amide bonds. The van der Waals surface area contributed by atoms with Crippen molar-refractivity contribution in [2.45, 2.75) is 13.3 Å². The van der Waals surface area contributed by atoms with Crippen LogP contribution in [0.1, 0.15) is 11.1 Å². The van der Waals surface area contributed by atoms with Crippen LogP contribution in [0.3, 0.4) is 0 Å². The second kappa shape index (κ2) is 6.20. The van der Waals surface area contributed by atoms with Crippen molar-refractivity contribution in [3.8, 4) is 11.6 Å². The zero-order valence-electron chi connectivity index (χ0n) is 11.2. The number of hydrogen-bond donors (Lipinski definition) is 1. The van der Waals surface area contributed by atoms with Crippen LogP contribution in [0.5, 0.6) is 11.6 Å². The summed E-state index contributed by atoms with van der Waals surface area (Å²) in [5.41, 5.74) is 8.57. The van der Waals surface area contributed by atoms with Crippen LogP contribution in [0, 0.1) is 6.92 Å². The lowest BCUT2D eigenvalue weighted by Gasteiger charge is -2.07. The summed E-state index contributed by atoms with van der Waals surface area (Å²) >= 11 is 0. The Labute approximate surface area is 113 Å². The summed E-state index contributed by atoms with van der Waals surface area (Å²) in [7, 11) is 1.70. The van der Waals surface area contributed by atoms with Crippen molar-refractivity contribution in [1.82, 2.24) is 4.98 Å². The number of nitrogens with two attached hydrogens (primary N) is 1. The van der Waals surface area contributed by atoms with Gasteiger partial charge in [0.05, 0.1) is 18.5 Å². The summed E-state index contributed by atoms with van der Waals surface area (Å²) in [5.74, 6) is 1.31. The van der Waals surface area contributed by atoms with Gasteiger partial charge in [0, 0.05) is 13.2 Å². The largest absolute Gasteiger partial charge is 0.439 e. The Morgan fingerprint density at radius 2 is 1.95 bits per heavy atom. The maximum absolute atomic E-state index is 5.72. The topological polar surface area (TPSA) is 57.4 Å². The van der Waals surface area contributed by atoms with Gasteiger partial charge in [-0.1, -0.05) is 12.1 Å². The van der Waals surface area contributed by atoms with E-state index in [1.54, 1.807) is 13.3 Å². The van der Waals surface area contributed by atoms with Gasteiger partial charge in [-0.15, -0.1) is 0 Å². The Morgan fingerprint density at radius 1 is 1.21 bits per heavy atom. The molecule has 100 valence electrons. The predicted octanol–water partition coefficient (Wildman–Crippen LogP) is 2.95. The molecule has 2 rings (SSSR count). The molecule has 0 aliphatic heterocycles. The molecule has 2 aromatic rings. The summed E-state index contributed by atoms with van der Waals surface area (Å²) in [6.07, 6.45) is 2.51. The Bertz CT molecular complexity index is 538. The molecule has 0 radical (unpaired) electrons. The lowest BCUT2D eigenvalue weighted by atomic mass is 10.1. The molecule has 4 heteroatoms. The van der Waals surface area contributed by atoms with Crippen molar-refractivity contribution in [3.63, 3.8) is 0 Å². The van der Waals surface area contributed by atoms with E-state index >= 15 is 0 Å². The van der Waals surface area contributed by atoms with Crippen molar-refractivity contribution in [2.75, 3.05) is 19.5 Å². The molecule has 0 atom stereocenters. The van der Waals surface area contributed by atoms with Gasteiger partial charge in [-0.3, -0.25) is 0 Å². The molecule has 1 aromatic heterocycles. The molecule has 0 aliphatic rings. The van der Waals surface area contributed by atoms with E-state index in [4.69, 9.17) is 15.2 Å². The van der Waals surface area contributed by atoms with E-state index in [0.717, 1.165) is 24.3 Å². The summed E-state index contributed by atoms with van der Waals surface area (Å²) < 4.78 is 10.7. The zero-order chi connectivity index (χ0) is 13.7. The van der Waals surface area contributed by atoms with Gasteiger partial charge in [0.25, 0.3) is 0 Å². The molecule has 0 aliphatic carbocycles. The number of aryl methyl sites for hydroxylation is 1. The molecule has 1 aromatic carbocycles. The minimum atomic E-state index is 0.552. The van der Waals surface area contributed by atoms with Gasteiger partial charge in [0.2, 0.25) is 5.88 Å². The predicted molar refractivity (Wildman–Crippen MR) is 75.5 cm³/mol. The number of aromatic nitrogens is 1. The van der Waals surface area contributed by atoms with Crippen molar-refractivity contribution in [3.05, 3.63) is 47.7 Å². The number of pyridine rings is 1. The minimum absolute atomic E-state index is 0.552. The van der Waals surface area contributed by atoms with E-state index in [-0.39, 0.29) is 0 Å². The van der Waals surface area contributed by atoms with E-state index in [1.807, 2.05) is 37.3 Å². The number of rotatable bonds is 5. The molecule has 0 bridgehead atoms. The quantitative estimate of drug-likeness (QED) is 0.895. The number of nitrogens with zero attached hydrogens (tertiary/aromatic N) is 1. The normalized spacial score (nSPS) is 10.4. The van der Waals surface area contributed by atoms with Crippen molar-refractivity contribution >= 4 is 5.69 Å². The third-order valence-corrected chi connectivity index (χ3v) is 2.87. The van der Waals surface area contributed by atoms with Crippen LogP contribution in [0.4, 0.5) is 5.69 Å². The number of anilines is 1. The standard InChI is InChI=1S/C15H18N2O2/c1-11-9-15(17-10-14(11)16)19-13-5-3-12(4-6-13)7-8-18-2/h3-6,9-10H,7-8,16H2,1-2H3. The Balaban J connectivity index is 2.04. The van der Waals surface area contributed by atoms with E-state index < -0.39 is 0 Å². The van der Waals surface area contributed by atoms with Gasteiger partial charge in [-0.05, 0) is 36.6 Å². The van der Waals surface area contributed by atoms with Crippen molar-refractivity contribution in [2.24, 2.45) is 0 Å². The van der Waals surface area contributed by atoms with Crippen LogP contribution >= 0.6 is 0 Å². The first kappa shape index (κ1) is 13.4. The third kappa shape index (κ3) is 3.69. The highest BCUT2D eigenvalue weighted by Gasteiger charge is 2.01. The molecule has 19 heavy (non-hydrogen) atoms. The van der Waals surface area contributed by atoms with Crippen LogP contribution in [0.25, 0.3) is 0 Å². The van der Waals surface area contributed by atoms with Crippen molar-refractivity contribution in [1.29, 1.82) is 0 Å². The molecule has 0 fully saturated rings. The third-order valence-electron chi connectivity index (χ3n) is 2.87. The maximum atomic E-state index is 5.72. The van der Waals surface area contributed by atoms with Gasteiger partial charge in [0.1, 0.15) is 5.75 Å². The SMILES string of the molecule is COCCc1ccc(Oc2cc(C)c(N)cn2)cc1. The highest BCUT2D eigenvalue weighted by Crippen LogP contribution is 2.22. The summed E-state index contributed by atoms with van der Waals surface area (Å²) in [5, 5.41) is 0. The molecule has 0 saturated heterocycles. The van der Waals surface area contributed by atoms with E-state index in [2.05, 4.69) is 4.98 Å². The molecule has 2 N–H and O–H groups in total. The van der Waals surface area contributed by atoms with E-state index in [9.17, 15) is 0 Å². The fraction of sp³-hybridized carbons (Fsp3) is 0.267. The molecule has 0 unspecified atom stereocenters. The first-order valence-electron chi connectivity index (χ1n) is 6.17. The van der Waals surface area contributed by atoms with Crippen LogP contribution in [-0.2, 0) is 11.2 Å². The number of methoxy groups -OCH3 is 1. The maximum Gasteiger partial charge on any atom is 0.219 e. The van der Waals surface area contributed by atoms with E-state index in [0.29, 0.717) is 11.6 Å². The van der Waals surface area contributed by atoms with Gasteiger partial charge in [-0.25, -0.2) is 4.98 Å².